The first-order chi connectivity index (χ1) is 12.8. The summed E-state index contributed by atoms with van der Waals surface area (Å²) in [6.07, 6.45) is 3.65. The van der Waals surface area contributed by atoms with Crippen molar-refractivity contribution in [1.29, 1.82) is 0 Å². The number of nitrogens with zero attached hydrogens (tertiary/aromatic N) is 2. The molecular formula is C21H24ClN3O2. The molecule has 0 radical (unpaired) electrons. The minimum atomic E-state index is -0.384. The molecule has 0 spiro atoms. The molecule has 0 aliphatic carbocycles. The molecule has 1 saturated heterocycles. The number of anilines is 1. The first-order valence-corrected chi connectivity index (χ1v) is 9.56. The van der Waals surface area contributed by atoms with Crippen molar-refractivity contribution in [2.45, 2.75) is 33.6 Å². The molecular weight excluding hydrogens is 362 g/mol. The molecule has 142 valence electrons. The third-order valence-electron chi connectivity index (χ3n) is 4.85. The van der Waals surface area contributed by atoms with Crippen LogP contribution in [0.2, 0.25) is 5.02 Å². The van der Waals surface area contributed by atoms with E-state index in [1.165, 1.54) is 6.20 Å². The molecule has 1 atom stereocenters. The molecule has 1 aliphatic heterocycles. The number of pyridine rings is 1. The first kappa shape index (κ1) is 19.4. The number of benzene rings is 1. The second-order valence-electron chi connectivity index (χ2n) is 7.32. The predicted molar refractivity (Wildman–Crippen MR) is 107 cm³/mol. The summed E-state index contributed by atoms with van der Waals surface area (Å²) in [4.78, 5) is 31.4. The van der Waals surface area contributed by atoms with Gasteiger partial charge in [-0.1, -0.05) is 24.6 Å². The van der Waals surface area contributed by atoms with E-state index in [1.807, 2.05) is 24.8 Å². The highest BCUT2D eigenvalue weighted by Crippen LogP contribution is 2.27. The van der Waals surface area contributed by atoms with E-state index in [0.717, 1.165) is 37.1 Å². The molecule has 0 bridgehead atoms. The van der Waals surface area contributed by atoms with E-state index in [9.17, 15) is 9.59 Å². The molecule has 0 saturated carbocycles. The molecule has 2 amide bonds. The zero-order valence-corrected chi connectivity index (χ0v) is 16.6. The highest BCUT2D eigenvalue weighted by atomic mass is 35.5. The number of piperidine rings is 1. The fourth-order valence-electron chi connectivity index (χ4n) is 3.50. The van der Waals surface area contributed by atoms with E-state index >= 15 is 0 Å². The lowest BCUT2D eigenvalue weighted by Gasteiger charge is -2.31. The number of nitrogens with one attached hydrogen (secondary N) is 1. The zero-order valence-electron chi connectivity index (χ0n) is 15.9. The van der Waals surface area contributed by atoms with Gasteiger partial charge in [0.15, 0.2) is 0 Å². The fraction of sp³-hybridized carbons (Fsp3) is 0.381. The van der Waals surface area contributed by atoms with Crippen molar-refractivity contribution in [1.82, 2.24) is 9.88 Å². The van der Waals surface area contributed by atoms with Crippen LogP contribution in [-0.2, 0) is 0 Å². The Hall–Kier alpha value is -2.40. The van der Waals surface area contributed by atoms with Crippen LogP contribution in [0.1, 0.15) is 51.7 Å². The second kappa shape index (κ2) is 8.09. The monoisotopic (exact) mass is 385 g/mol. The van der Waals surface area contributed by atoms with Crippen LogP contribution in [0, 0.1) is 19.8 Å². The number of carbonyl (C=O) groups is 2. The van der Waals surface area contributed by atoms with Crippen LogP contribution in [0.3, 0.4) is 0 Å². The third-order valence-corrected chi connectivity index (χ3v) is 5.15. The summed E-state index contributed by atoms with van der Waals surface area (Å²) in [5, 5.41) is 3.30. The SMILES string of the molecule is Cc1cc(C)c(NC(=O)c2cc(C(=O)N3CCCC(C)C3)ccn2)c(Cl)c1. The van der Waals surface area contributed by atoms with E-state index in [1.54, 1.807) is 18.2 Å². The number of halogens is 1. The van der Waals surface area contributed by atoms with Crippen molar-refractivity contribution in [2.24, 2.45) is 5.92 Å². The number of hydrogen-bond acceptors (Lipinski definition) is 3. The van der Waals surface area contributed by atoms with Crippen molar-refractivity contribution in [2.75, 3.05) is 18.4 Å². The summed E-state index contributed by atoms with van der Waals surface area (Å²) >= 11 is 6.27. The Morgan fingerprint density at radius 2 is 2.04 bits per heavy atom. The van der Waals surface area contributed by atoms with Gasteiger partial charge in [-0.05, 0) is 61.9 Å². The number of hydrogen-bond donors (Lipinski definition) is 1. The molecule has 1 aromatic heterocycles. The molecule has 1 aliphatic rings. The lowest BCUT2D eigenvalue weighted by Crippen LogP contribution is -2.39. The minimum Gasteiger partial charge on any atom is -0.338 e. The minimum absolute atomic E-state index is 0.0532. The van der Waals surface area contributed by atoms with Gasteiger partial charge in [0.25, 0.3) is 11.8 Å². The largest absolute Gasteiger partial charge is 0.338 e. The van der Waals surface area contributed by atoms with Gasteiger partial charge >= 0.3 is 0 Å². The maximum atomic E-state index is 12.8. The number of aryl methyl sites for hydroxylation is 2. The van der Waals surface area contributed by atoms with Crippen LogP contribution in [0.15, 0.2) is 30.5 Å². The standard InChI is InChI=1S/C21H24ClN3O2/c1-13-5-4-8-25(12-13)21(27)16-6-7-23-18(11-16)20(26)24-19-15(3)9-14(2)10-17(19)22/h6-7,9-11,13H,4-5,8,12H2,1-3H3,(H,24,26). The summed E-state index contributed by atoms with van der Waals surface area (Å²) in [5.41, 5.74) is 3.15. The van der Waals surface area contributed by atoms with Crippen molar-refractivity contribution in [3.63, 3.8) is 0 Å². The van der Waals surface area contributed by atoms with Crippen LogP contribution in [-0.4, -0.2) is 34.8 Å². The highest BCUT2D eigenvalue weighted by Gasteiger charge is 2.23. The smallest absolute Gasteiger partial charge is 0.274 e. The Kier molecular flexibility index (Phi) is 5.80. The summed E-state index contributed by atoms with van der Waals surface area (Å²) in [5.74, 6) is 0.0621. The Bertz CT molecular complexity index is 858. The van der Waals surface area contributed by atoms with Crippen LogP contribution in [0.4, 0.5) is 5.69 Å². The number of carbonyl (C=O) groups excluding carboxylic acids is 2. The van der Waals surface area contributed by atoms with Crippen molar-refractivity contribution in [3.8, 4) is 0 Å². The lowest BCUT2D eigenvalue weighted by molar-refractivity contribution is 0.0683. The van der Waals surface area contributed by atoms with Gasteiger partial charge in [-0.25, -0.2) is 0 Å². The zero-order chi connectivity index (χ0) is 19.6. The Morgan fingerprint density at radius 3 is 2.74 bits per heavy atom. The van der Waals surface area contributed by atoms with Crippen molar-refractivity contribution in [3.05, 3.63) is 57.9 Å². The number of rotatable bonds is 3. The van der Waals surface area contributed by atoms with Crippen LogP contribution >= 0.6 is 11.6 Å². The van der Waals surface area contributed by atoms with Gasteiger partial charge in [0, 0.05) is 24.8 Å². The molecule has 5 nitrogen and oxygen atoms in total. The molecule has 3 rings (SSSR count). The summed E-state index contributed by atoms with van der Waals surface area (Å²) in [7, 11) is 0. The summed E-state index contributed by atoms with van der Waals surface area (Å²) in [6, 6.07) is 6.96. The summed E-state index contributed by atoms with van der Waals surface area (Å²) in [6.45, 7) is 7.49. The Morgan fingerprint density at radius 1 is 1.26 bits per heavy atom. The molecule has 6 heteroatoms. The first-order valence-electron chi connectivity index (χ1n) is 9.18. The fourth-order valence-corrected chi connectivity index (χ4v) is 3.86. The molecule has 1 aromatic carbocycles. The maximum absolute atomic E-state index is 12.8. The number of amides is 2. The average molecular weight is 386 g/mol. The van der Waals surface area contributed by atoms with E-state index in [2.05, 4.69) is 17.2 Å². The average Bonchev–Trinajstić information content (AvgIpc) is 2.64. The van der Waals surface area contributed by atoms with Crippen LogP contribution in [0.25, 0.3) is 0 Å². The molecule has 27 heavy (non-hydrogen) atoms. The topological polar surface area (TPSA) is 62.3 Å². The highest BCUT2D eigenvalue weighted by molar-refractivity contribution is 6.34. The van der Waals surface area contributed by atoms with Gasteiger partial charge in [0.05, 0.1) is 10.7 Å². The van der Waals surface area contributed by atoms with Gasteiger partial charge in [-0.15, -0.1) is 0 Å². The molecule has 2 heterocycles. The third kappa shape index (κ3) is 4.48. The number of aromatic nitrogens is 1. The number of likely N-dealkylation sites (tertiary alicyclic amines) is 1. The maximum Gasteiger partial charge on any atom is 0.274 e. The van der Waals surface area contributed by atoms with E-state index in [4.69, 9.17) is 11.6 Å². The van der Waals surface area contributed by atoms with Crippen molar-refractivity contribution < 1.29 is 9.59 Å². The van der Waals surface area contributed by atoms with E-state index in [0.29, 0.717) is 22.2 Å². The summed E-state index contributed by atoms with van der Waals surface area (Å²) < 4.78 is 0. The second-order valence-corrected chi connectivity index (χ2v) is 7.73. The molecule has 1 N–H and O–H groups in total. The van der Waals surface area contributed by atoms with E-state index in [-0.39, 0.29) is 17.5 Å². The van der Waals surface area contributed by atoms with Gasteiger partial charge in [0.1, 0.15) is 5.69 Å². The molecule has 1 unspecified atom stereocenters. The normalized spacial score (nSPS) is 16.9. The van der Waals surface area contributed by atoms with Gasteiger partial charge < -0.3 is 10.2 Å². The van der Waals surface area contributed by atoms with Crippen LogP contribution in [0.5, 0.6) is 0 Å². The predicted octanol–water partition coefficient (Wildman–Crippen LogP) is 4.48. The lowest BCUT2D eigenvalue weighted by atomic mass is 9.99. The van der Waals surface area contributed by atoms with Gasteiger partial charge in [-0.3, -0.25) is 14.6 Å². The Balaban J connectivity index is 1.79. The van der Waals surface area contributed by atoms with Gasteiger partial charge in [0.2, 0.25) is 0 Å². The molecule has 2 aromatic rings. The quantitative estimate of drug-likeness (QED) is 0.847. The molecule has 1 fully saturated rings. The van der Waals surface area contributed by atoms with Crippen molar-refractivity contribution >= 4 is 29.1 Å². The van der Waals surface area contributed by atoms with Gasteiger partial charge in [-0.2, -0.15) is 0 Å². The van der Waals surface area contributed by atoms with Crippen LogP contribution < -0.4 is 5.32 Å². The van der Waals surface area contributed by atoms with E-state index < -0.39 is 0 Å². The Labute approximate surface area is 164 Å².